The lowest BCUT2D eigenvalue weighted by Gasteiger charge is -1.98. The summed E-state index contributed by atoms with van der Waals surface area (Å²) < 4.78 is 0. The van der Waals surface area contributed by atoms with Crippen LogP contribution >= 0.6 is 11.3 Å². The Kier molecular flexibility index (Phi) is 2.69. The summed E-state index contributed by atoms with van der Waals surface area (Å²) in [7, 11) is 0. The van der Waals surface area contributed by atoms with E-state index < -0.39 is 0 Å². The number of hydrogen-bond donors (Lipinski definition) is 3. The molecular formula is C9H10N6S. The van der Waals surface area contributed by atoms with Crippen LogP contribution in [0.15, 0.2) is 29.3 Å². The van der Waals surface area contributed by atoms with Gasteiger partial charge in [-0.2, -0.15) is 4.99 Å². The summed E-state index contributed by atoms with van der Waals surface area (Å²) in [6.07, 6.45) is 0. The molecule has 7 heteroatoms. The van der Waals surface area contributed by atoms with Crippen molar-refractivity contribution in [3.8, 4) is 10.6 Å². The lowest BCUT2D eigenvalue weighted by molar-refractivity contribution is 1.08. The second-order valence-electron chi connectivity index (χ2n) is 3.01. The molecule has 0 atom stereocenters. The van der Waals surface area contributed by atoms with Crippen LogP contribution in [0.25, 0.3) is 10.6 Å². The van der Waals surface area contributed by atoms with Crippen LogP contribution in [0, 0.1) is 0 Å². The molecule has 0 unspecified atom stereocenters. The number of nitrogen functional groups attached to an aromatic ring is 1. The monoisotopic (exact) mass is 234 g/mol. The Morgan fingerprint density at radius 2 is 1.94 bits per heavy atom. The molecule has 2 aromatic rings. The van der Waals surface area contributed by atoms with Crippen molar-refractivity contribution in [2.45, 2.75) is 0 Å². The predicted octanol–water partition coefficient (Wildman–Crippen LogP) is 0.692. The van der Waals surface area contributed by atoms with Gasteiger partial charge >= 0.3 is 0 Å². The molecule has 6 nitrogen and oxygen atoms in total. The topological polar surface area (TPSA) is 116 Å². The van der Waals surface area contributed by atoms with Crippen LogP contribution in [0.3, 0.4) is 0 Å². The Bertz CT molecular complexity index is 528. The number of guanidine groups is 1. The maximum absolute atomic E-state index is 5.82. The van der Waals surface area contributed by atoms with Crippen LogP contribution in [0.4, 0.5) is 10.8 Å². The third-order valence-corrected chi connectivity index (χ3v) is 2.68. The number of anilines is 1. The van der Waals surface area contributed by atoms with E-state index in [0.29, 0.717) is 15.8 Å². The Hall–Kier alpha value is -2.15. The number of rotatable bonds is 2. The minimum atomic E-state index is -0.0382. The molecule has 6 N–H and O–H groups in total. The van der Waals surface area contributed by atoms with Crippen LogP contribution in [-0.4, -0.2) is 16.2 Å². The predicted molar refractivity (Wildman–Crippen MR) is 65.2 cm³/mol. The number of aromatic nitrogens is 2. The van der Waals surface area contributed by atoms with E-state index in [0.717, 1.165) is 5.56 Å². The van der Waals surface area contributed by atoms with Crippen LogP contribution in [0.1, 0.15) is 0 Å². The first-order chi connectivity index (χ1) is 7.66. The number of nitrogens with zero attached hydrogens (tertiary/aromatic N) is 3. The molecule has 0 aliphatic rings. The molecule has 0 saturated carbocycles. The van der Waals surface area contributed by atoms with Gasteiger partial charge in [-0.1, -0.05) is 23.5 Å². The third-order valence-electron chi connectivity index (χ3n) is 1.83. The maximum Gasteiger partial charge on any atom is 0.235 e. The summed E-state index contributed by atoms with van der Waals surface area (Å²) in [5, 5.41) is 8.92. The molecule has 1 heterocycles. The minimum absolute atomic E-state index is 0.0382. The van der Waals surface area contributed by atoms with Gasteiger partial charge in [-0.3, -0.25) is 0 Å². The third kappa shape index (κ3) is 2.09. The van der Waals surface area contributed by atoms with Crippen molar-refractivity contribution in [1.82, 2.24) is 10.2 Å². The molecule has 0 aliphatic heterocycles. The average molecular weight is 234 g/mol. The Morgan fingerprint density at radius 3 is 2.62 bits per heavy atom. The molecule has 0 amide bonds. The van der Waals surface area contributed by atoms with Gasteiger partial charge in [0.2, 0.25) is 5.13 Å². The van der Waals surface area contributed by atoms with Crippen LogP contribution < -0.4 is 17.2 Å². The summed E-state index contributed by atoms with van der Waals surface area (Å²) in [4.78, 5) is 3.81. The van der Waals surface area contributed by atoms with Crippen molar-refractivity contribution >= 4 is 28.1 Å². The fourth-order valence-corrected chi connectivity index (χ4v) is 1.95. The van der Waals surface area contributed by atoms with Crippen molar-refractivity contribution in [2.24, 2.45) is 16.5 Å². The van der Waals surface area contributed by atoms with E-state index in [2.05, 4.69) is 15.2 Å². The zero-order valence-corrected chi connectivity index (χ0v) is 9.11. The van der Waals surface area contributed by atoms with Crippen molar-refractivity contribution in [3.05, 3.63) is 24.3 Å². The van der Waals surface area contributed by atoms with Gasteiger partial charge in [0.05, 0.1) is 0 Å². The van der Waals surface area contributed by atoms with E-state index in [1.54, 1.807) is 6.07 Å². The second-order valence-corrected chi connectivity index (χ2v) is 3.97. The highest BCUT2D eigenvalue weighted by Gasteiger charge is 2.08. The molecule has 1 aromatic carbocycles. The molecule has 82 valence electrons. The molecule has 0 spiro atoms. The number of nitrogens with two attached hydrogens (primary N) is 3. The minimum Gasteiger partial charge on any atom is -0.398 e. The summed E-state index contributed by atoms with van der Waals surface area (Å²) in [5.41, 5.74) is 17.8. The van der Waals surface area contributed by atoms with Gasteiger partial charge in [0, 0.05) is 11.3 Å². The molecular weight excluding hydrogens is 224 g/mol. The zero-order chi connectivity index (χ0) is 11.5. The fourth-order valence-electron chi connectivity index (χ4n) is 1.17. The maximum atomic E-state index is 5.82. The highest BCUT2D eigenvalue weighted by molar-refractivity contribution is 7.18. The summed E-state index contributed by atoms with van der Waals surface area (Å²) in [6, 6.07) is 7.41. The molecule has 0 radical (unpaired) electrons. The normalized spacial score (nSPS) is 10.0. The summed E-state index contributed by atoms with van der Waals surface area (Å²) in [5.74, 6) is -0.0382. The molecule has 1 aromatic heterocycles. The van der Waals surface area contributed by atoms with Crippen LogP contribution in [0.5, 0.6) is 0 Å². The summed E-state index contributed by atoms with van der Waals surface area (Å²) >= 11 is 1.28. The highest BCUT2D eigenvalue weighted by Crippen LogP contribution is 2.31. The van der Waals surface area contributed by atoms with Gasteiger partial charge in [0.15, 0.2) is 11.0 Å². The van der Waals surface area contributed by atoms with E-state index >= 15 is 0 Å². The Labute approximate surface area is 95.8 Å². The van der Waals surface area contributed by atoms with Gasteiger partial charge < -0.3 is 17.2 Å². The second kappa shape index (κ2) is 4.15. The Balaban J connectivity index is 2.39. The first-order valence-electron chi connectivity index (χ1n) is 4.45. The Morgan fingerprint density at radius 1 is 1.19 bits per heavy atom. The van der Waals surface area contributed by atoms with E-state index in [1.807, 2.05) is 18.2 Å². The van der Waals surface area contributed by atoms with Gasteiger partial charge in [0.25, 0.3) is 0 Å². The van der Waals surface area contributed by atoms with Crippen LogP contribution in [0.2, 0.25) is 0 Å². The number of hydrogen-bond acceptors (Lipinski definition) is 5. The van der Waals surface area contributed by atoms with E-state index in [1.165, 1.54) is 11.3 Å². The first-order valence-corrected chi connectivity index (χ1v) is 5.26. The van der Waals surface area contributed by atoms with Crippen molar-refractivity contribution < 1.29 is 0 Å². The fraction of sp³-hybridized carbons (Fsp3) is 0. The zero-order valence-electron chi connectivity index (χ0n) is 8.29. The molecule has 0 aliphatic carbocycles. The van der Waals surface area contributed by atoms with Gasteiger partial charge in [-0.15, -0.1) is 10.2 Å². The number of para-hydroxylation sites is 1. The van der Waals surface area contributed by atoms with Gasteiger partial charge in [-0.25, -0.2) is 0 Å². The first kappa shape index (κ1) is 10.4. The van der Waals surface area contributed by atoms with Crippen molar-refractivity contribution in [2.75, 3.05) is 5.73 Å². The molecule has 0 saturated heterocycles. The molecule has 16 heavy (non-hydrogen) atoms. The SMILES string of the molecule is NC(N)=Nc1nnc(-c2ccccc2N)s1. The van der Waals surface area contributed by atoms with E-state index in [9.17, 15) is 0 Å². The van der Waals surface area contributed by atoms with Crippen molar-refractivity contribution in [1.29, 1.82) is 0 Å². The van der Waals surface area contributed by atoms with E-state index in [4.69, 9.17) is 17.2 Å². The molecule has 0 fully saturated rings. The number of benzene rings is 1. The van der Waals surface area contributed by atoms with Crippen molar-refractivity contribution in [3.63, 3.8) is 0 Å². The lowest BCUT2D eigenvalue weighted by atomic mass is 10.2. The lowest BCUT2D eigenvalue weighted by Crippen LogP contribution is -2.21. The van der Waals surface area contributed by atoms with Gasteiger partial charge in [-0.05, 0) is 12.1 Å². The summed E-state index contributed by atoms with van der Waals surface area (Å²) in [6.45, 7) is 0. The number of aliphatic imine (C=N–C) groups is 1. The molecule has 0 bridgehead atoms. The largest absolute Gasteiger partial charge is 0.398 e. The van der Waals surface area contributed by atoms with E-state index in [-0.39, 0.29) is 5.96 Å². The quantitative estimate of drug-likeness (QED) is 0.401. The molecule has 2 rings (SSSR count). The average Bonchev–Trinajstić information content (AvgIpc) is 2.66. The van der Waals surface area contributed by atoms with Crippen LogP contribution in [-0.2, 0) is 0 Å². The van der Waals surface area contributed by atoms with Gasteiger partial charge in [0.1, 0.15) is 0 Å². The standard InChI is InChI=1S/C9H10N6S/c10-6-4-2-1-3-5(6)7-14-15-9(16-7)13-8(11)12/h1-4H,10H2,(H4,11,12,13,15). The highest BCUT2D eigenvalue weighted by atomic mass is 32.1. The smallest absolute Gasteiger partial charge is 0.235 e.